The van der Waals surface area contributed by atoms with Crippen molar-refractivity contribution in [2.75, 3.05) is 0 Å². The van der Waals surface area contributed by atoms with Gasteiger partial charge in [0.05, 0.1) is 5.52 Å². The van der Waals surface area contributed by atoms with Gasteiger partial charge in [0.1, 0.15) is 17.7 Å². The number of para-hydroxylation sites is 1. The summed E-state index contributed by atoms with van der Waals surface area (Å²) in [4.78, 5) is 3.92. The molecule has 0 atom stereocenters. The number of nitrogen functional groups attached to an aromatic ring is 1. The van der Waals surface area contributed by atoms with Crippen molar-refractivity contribution in [3.63, 3.8) is 0 Å². The summed E-state index contributed by atoms with van der Waals surface area (Å²) in [6, 6.07) is 5.15. The minimum absolute atomic E-state index is 0.0820. The van der Waals surface area contributed by atoms with Crippen LogP contribution in [-0.4, -0.2) is 20.8 Å². The molecule has 5 heteroatoms. The predicted octanol–water partition coefficient (Wildman–Crippen LogP) is 0.558. The maximum absolute atomic E-state index is 9.34. The second-order valence-corrected chi connectivity index (χ2v) is 2.68. The molecule has 4 N–H and O–H groups in total. The minimum Gasteiger partial charge on any atom is -0.427 e. The Morgan fingerprint density at radius 1 is 1.54 bits per heavy atom. The van der Waals surface area contributed by atoms with Crippen molar-refractivity contribution in [3.05, 3.63) is 30.1 Å². The van der Waals surface area contributed by atoms with Crippen LogP contribution < -0.4 is 5.73 Å². The number of aromatic nitrogens is 2. The van der Waals surface area contributed by atoms with Gasteiger partial charge in [-0.3, -0.25) is 5.41 Å². The molecule has 1 aromatic heterocycles. The minimum atomic E-state index is -0.0820. The lowest BCUT2D eigenvalue weighted by atomic mass is 10.2. The van der Waals surface area contributed by atoms with Gasteiger partial charge in [-0.15, -0.1) is 0 Å². The molecule has 0 fully saturated rings. The predicted molar refractivity (Wildman–Crippen MR) is 47.9 cm³/mol. The Kier molecular flexibility index (Phi) is 1.45. The summed E-state index contributed by atoms with van der Waals surface area (Å²) < 4.78 is 0.867. The lowest BCUT2D eigenvalue weighted by Gasteiger charge is -2.00. The molecule has 0 aliphatic heterocycles. The van der Waals surface area contributed by atoms with Gasteiger partial charge in [-0.1, -0.05) is 6.07 Å². The fourth-order valence-electron chi connectivity index (χ4n) is 1.27. The fraction of sp³-hybridized carbons (Fsp3) is 0. The van der Waals surface area contributed by atoms with E-state index in [0.29, 0.717) is 16.6 Å². The number of imidazole rings is 1. The molecule has 0 spiro atoms. The molecule has 13 heavy (non-hydrogen) atoms. The van der Waals surface area contributed by atoms with E-state index in [4.69, 9.17) is 11.1 Å². The number of rotatable bonds is 1. The Balaban J connectivity index is 2.88. The third-order valence-electron chi connectivity index (χ3n) is 1.84. The van der Waals surface area contributed by atoms with Crippen molar-refractivity contribution in [2.45, 2.75) is 0 Å². The van der Waals surface area contributed by atoms with E-state index in [0.717, 1.165) is 4.73 Å². The fourth-order valence-corrected chi connectivity index (χ4v) is 1.27. The van der Waals surface area contributed by atoms with Gasteiger partial charge in [0.15, 0.2) is 0 Å². The lowest BCUT2D eigenvalue weighted by Crippen LogP contribution is -2.12. The van der Waals surface area contributed by atoms with Crippen LogP contribution in [0.1, 0.15) is 5.56 Å². The quantitative estimate of drug-likeness (QED) is 0.337. The molecule has 0 amide bonds. The second kappa shape index (κ2) is 2.48. The van der Waals surface area contributed by atoms with Crippen molar-refractivity contribution < 1.29 is 5.21 Å². The molecule has 0 saturated carbocycles. The Morgan fingerprint density at radius 3 is 3.00 bits per heavy atom. The smallest absolute Gasteiger partial charge is 0.133 e. The normalized spacial score (nSPS) is 10.5. The van der Waals surface area contributed by atoms with Crippen LogP contribution in [0.3, 0.4) is 0 Å². The molecule has 0 unspecified atom stereocenters. The molecule has 0 bridgehead atoms. The highest BCUT2D eigenvalue weighted by atomic mass is 16.5. The zero-order chi connectivity index (χ0) is 9.42. The van der Waals surface area contributed by atoms with Crippen molar-refractivity contribution in [1.82, 2.24) is 9.71 Å². The second-order valence-electron chi connectivity index (χ2n) is 2.68. The highest BCUT2D eigenvalue weighted by molar-refractivity contribution is 6.05. The highest BCUT2D eigenvalue weighted by Gasteiger charge is 2.08. The Bertz CT molecular complexity index is 474. The van der Waals surface area contributed by atoms with Crippen molar-refractivity contribution in [1.29, 1.82) is 5.41 Å². The zero-order valence-electron chi connectivity index (χ0n) is 6.73. The van der Waals surface area contributed by atoms with Crippen LogP contribution in [0.4, 0.5) is 0 Å². The first-order valence-corrected chi connectivity index (χ1v) is 3.70. The van der Waals surface area contributed by atoms with Gasteiger partial charge in [0.25, 0.3) is 0 Å². The van der Waals surface area contributed by atoms with Crippen LogP contribution in [-0.2, 0) is 0 Å². The van der Waals surface area contributed by atoms with Crippen LogP contribution in [0, 0.1) is 5.41 Å². The Hall–Kier alpha value is -2.04. The van der Waals surface area contributed by atoms with E-state index in [1.54, 1.807) is 18.2 Å². The molecule has 0 saturated heterocycles. The first kappa shape index (κ1) is 7.60. The number of hydrogen-bond acceptors (Lipinski definition) is 3. The molecule has 1 heterocycles. The van der Waals surface area contributed by atoms with E-state index in [2.05, 4.69) is 4.98 Å². The summed E-state index contributed by atoms with van der Waals surface area (Å²) >= 11 is 0. The lowest BCUT2D eigenvalue weighted by molar-refractivity contribution is 0.198. The summed E-state index contributed by atoms with van der Waals surface area (Å²) in [6.07, 6.45) is 1.27. The van der Waals surface area contributed by atoms with E-state index >= 15 is 0 Å². The topological polar surface area (TPSA) is 87.9 Å². The molecule has 0 radical (unpaired) electrons. The van der Waals surface area contributed by atoms with Crippen molar-refractivity contribution >= 4 is 16.9 Å². The number of nitrogens with two attached hydrogens (primary N) is 1. The molecule has 0 aliphatic rings. The molecule has 0 aliphatic carbocycles. The van der Waals surface area contributed by atoms with Crippen LogP contribution in [0.2, 0.25) is 0 Å². The van der Waals surface area contributed by atoms with Gasteiger partial charge in [0, 0.05) is 5.56 Å². The van der Waals surface area contributed by atoms with Gasteiger partial charge in [-0.25, -0.2) is 4.98 Å². The van der Waals surface area contributed by atoms with E-state index in [1.807, 2.05) is 0 Å². The number of nitrogens with zero attached hydrogens (tertiary/aromatic N) is 2. The van der Waals surface area contributed by atoms with E-state index in [9.17, 15) is 5.21 Å². The number of amidine groups is 1. The highest BCUT2D eigenvalue weighted by Crippen LogP contribution is 2.15. The van der Waals surface area contributed by atoms with Crippen LogP contribution >= 0.6 is 0 Å². The zero-order valence-corrected chi connectivity index (χ0v) is 6.73. The Morgan fingerprint density at radius 2 is 2.31 bits per heavy atom. The van der Waals surface area contributed by atoms with Gasteiger partial charge in [0.2, 0.25) is 0 Å². The molecule has 1 aromatic carbocycles. The van der Waals surface area contributed by atoms with Gasteiger partial charge < -0.3 is 10.9 Å². The summed E-state index contributed by atoms with van der Waals surface area (Å²) in [5, 5.41) is 16.6. The summed E-state index contributed by atoms with van der Waals surface area (Å²) in [6.45, 7) is 0. The molecule has 2 aromatic rings. The van der Waals surface area contributed by atoms with Gasteiger partial charge in [-0.2, -0.15) is 4.73 Å². The average molecular weight is 176 g/mol. The molecule has 2 rings (SSSR count). The first-order chi connectivity index (χ1) is 6.20. The van der Waals surface area contributed by atoms with Gasteiger partial charge in [-0.05, 0) is 12.1 Å². The van der Waals surface area contributed by atoms with E-state index in [-0.39, 0.29) is 5.84 Å². The van der Waals surface area contributed by atoms with Gasteiger partial charge >= 0.3 is 0 Å². The third-order valence-corrected chi connectivity index (χ3v) is 1.84. The Labute approximate surface area is 73.9 Å². The standard InChI is InChI=1S/C8H8N4O/c9-8(10)5-2-1-3-6-7(5)12(13)4-11-6/h1-4,13H,(H3,9,10). The summed E-state index contributed by atoms with van der Waals surface area (Å²) in [7, 11) is 0. The van der Waals surface area contributed by atoms with Crippen LogP contribution in [0.25, 0.3) is 11.0 Å². The van der Waals surface area contributed by atoms with Crippen molar-refractivity contribution in [2.24, 2.45) is 5.73 Å². The van der Waals surface area contributed by atoms with Crippen LogP contribution in [0.15, 0.2) is 24.5 Å². The molecule has 66 valence electrons. The number of benzene rings is 1. The maximum Gasteiger partial charge on any atom is 0.133 e. The average Bonchev–Trinajstić information content (AvgIpc) is 2.48. The molecular formula is C8H8N4O. The number of hydrogen-bond donors (Lipinski definition) is 3. The largest absolute Gasteiger partial charge is 0.427 e. The summed E-state index contributed by atoms with van der Waals surface area (Å²) in [5.41, 5.74) is 6.91. The van der Waals surface area contributed by atoms with Crippen molar-refractivity contribution in [3.8, 4) is 0 Å². The summed E-state index contributed by atoms with van der Waals surface area (Å²) in [5.74, 6) is -0.0820. The number of nitrogens with one attached hydrogen (secondary N) is 1. The maximum atomic E-state index is 9.34. The number of fused-ring (bicyclic) bond motifs is 1. The third kappa shape index (κ3) is 1.01. The SMILES string of the molecule is N=C(N)c1cccc2ncn(O)c12. The van der Waals surface area contributed by atoms with Crippen LogP contribution in [0.5, 0.6) is 0 Å². The first-order valence-electron chi connectivity index (χ1n) is 3.70. The monoisotopic (exact) mass is 176 g/mol. The van der Waals surface area contributed by atoms with E-state index in [1.165, 1.54) is 6.33 Å². The van der Waals surface area contributed by atoms with E-state index < -0.39 is 0 Å². The molecular weight excluding hydrogens is 168 g/mol. The molecule has 5 nitrogen and oxygen atoms in total.